The summed E-state index contributed by atoms with van der Waals surface area (Å²) in [6.45, 7) is 1.96. The van der Waals surface area contributed by atoms with E-state index in [-0.39, 0.29) is 23.5 Å². The topological polar surface area (TPSA) is 71.3 Å². The van der Waals surface area contributed by atoms with Crippen LogP contribution in [0.2, 0.25) is 0 Å². The summed E-state index contributed by atoms with van der Waals surface area (Å²) in [5, 5.41) is 6.77. The Hall–Kier alpha value is -3.13. The van der Waals surface area contributed by atoms with Crippen LogP contribution in [0.25, 0.3) is 11.5 Å². The zero-order valence-electron chi connectivity index (χ0n) is 15.6. The summed E-state index contributed by atoms with van der Waals surface area (Å²) in [5.74, 6) is -0.00477. The third kappa shape index (κ3) is 4.83. The first kappa shape index (κ1) is 19.2. The third-order valence-electron chi connectivity index (χ3n) is 4.97. The molecule has 0 atom stereocenters. The van der Waals surface area contributed by atoms with Gasteiger partial charge in [0.1, 0.15) is 11.6 Å². The van der Waals surface area contributed by atoms with Gasteiger partial charge >= 0.3 is 0 Å². The predicted octanol–water partition coefficient (Wildman–Crippen LogP) is 3.87. The van der Waals surface area contributed by atoms with E-state index >= 15 is 0 Å². The van der Waals surface area contributed by atoms with Gasteiger partial charge in [0, 0.05) is 17.2 Å². The second-order valence-electron chi connectivity index (χ2n) is 7.07. The van der Waals surface area contributed by atoms with E-state index in [0.29, 0.717) is 42.4 Å². The van der Waals surface area contributed by atoms with Crippen LogP contribution < -0.4 is 5.32 Å². The Balaban J connectivity index is 1.29. The van der Waals surface area contributed by atoms with Gasteiger partial charge in [-0.1, -0.05) is 11.2 Å². The molecule has 0 bridgehead atoms. The fourth-order valence-electron chi connectivity index (χ4n) is 3.39. The number of nitrogens with zero attached hydrogens (tertiary/aromatic N) is 3. The van der Waals surface area contributed by atoms with E-state index in [1.165, 1.54) is 24.3 Å². The first-order chi connectivity index (χ1) is 14.1. The predicted molar refractivity (Wildman–Crippen MR) is 103 cm³/mol. The molecule has 0 unspecified atom stereocenters. The fourth-order valence-corrected chi connectivity index (χ4v) is 3.39. The number of amides is 1. The van der Waals surface area contributed by atoms with Crippen molar-refractivity contribution in [3.05, 3.63) is 66.0 Å². The zero-order valence-corrected chi connectivity index (χ0v) is 15.6. The zero-order chi connectivity index (χ0) is 20.2. The summed E-state index contributed by atoms with van der Waals surface area (Å²) in [6, 6.07) is 11.8. The molecular weight excluding hydrogens is 378 g/mol. The maximum Gasteiger partial charge on any atom is 0.257 e. The summed E-state index contributed by atoms with van der Waals surface area (Å²) in [5.41, 5.74) is 1.13. The van der Waals surface area contributed by atoms with Crippen molar-refractivity contribution in [2.24, 2.45) is 5.92 Å². The Kier molecular flexibility index (Phi) is 5.62. The van der Waals surface area contributed by atoms with Gasteiger partial charge in [0.15, 0.2) is 5.82 Å². The van der Waals surface area contributed by atoms with Crippen molar-refractivity contribution < 1.29 is 18.1 Å². The highest BCUT2D eigenvalue weighted by Gasteiger charge is 2.26. The minimum absolute atomic E-state index is 0.0894. The molecule has 0 saturated carbocycles. The number of likely N-dealkylation sites (tertiary alicyclic amines) is 1. The highest BCUT2D eigenvalue weighted by Crippen LogP contribution is 2.22. The summed E-state index contributed by atoms with van der Waals surface area (Å²) < 4.78 is 31.5. The first-order valence-corrected chi connectivity index (χ1v) is 9.44. The van der Waals surface area contributed by atoms with Gasteiger partial charge in [-0.3, -0.25) is 9.69 Å². The molecule has 4 rings (SSSR count). The number of carbonyl (C=O) groups is 1. The van der Waals surface area contributed by atoms with Gasteiger partial charge in [0.2, 0.25) is 5.91 Å². The molecule has 1 fully saturated rings. The van der Waals surface area contributed by atoms with Crippen molar-refractivity contribution in [2.75, 3.05) is 18.4 Å². The van der Waals surface area contributed by atoms with Crippen molar-refractivity contribution in [3.63, 3.8) is 0 Å². The second-order valence-corrected chi connectivity index (χ2v) is 7.07. The molecule has 1 aliphatic rings. The van der Waals surface area contributed by atoms with Crippen molar-refractivity contribution in [1.29, 1.82) is 0 Å². The van der Waals surface area contributed by atoms with E-state index < -0.39 is 0 Å². The van der Waals surface area contributed by atoms with Gasteiger partial charge in [-0.2, -0.15) is 4.98 Å². The van der Waals surface area contributed by atoms with Crippen LogP contribution >= 0.6 is 0 Å². The molecule has 0 aliphatic carbocycles. The van der Waals surface area contributed by atoms with Crippen LogP contribution in [0.1, 0.15) is 18.7 Å². The van der Waals surface area contributed by atoms with E-state index in [4.69, 9.17) is 4.52 Å². The van der Waals surface area contributed by atoms with Crippen LogP contribution in [-0.4, -0.2) is 34.0 Å². The Morgan fingerprint density at radius 3 is 2.59 bits per heavy atom. The molecule has 2 aromatic carbocycles. The quantitative estimate of drug-likeness (QED) is 0.707. The number of halogens is 2. The molecule has 1 N–H and O–H groups in total. The van der Waals surface area contributed by atoms with Crippen molar-refractivity contribution in [1.82, 2.24) is 15.0 Å². The van der Waals surface area contributed by atoms with E-state index in [9.17, 15) is 13.6 Å². The largest absolute Gasteiger partial charge is 0.334 e. The molecule has 2 heterocycles. The number of benzene rings is 2. The molecule has 3 aromatic rings. The number of nitrogens with one attached hydrogen (secondary N) is 1. The van der Waals surface area contributed by atoms with Gasteiger partial charge in [-0.15, -0.1) is 0 Å². The summed E-state index contributed by atoms with van der Waals surface area (Å²) >= 11 is 0. The lowest BCUT2D eigenvalue weighted by Gasteiger charge is -2.30. The standard InChI is InChI=1S/C21H20F2N4O2/c22-16-6-4-15(5-7-16)21-25-19(26-29-21)13-27-10-8-14(9-11-27)20(28)24-18-3-1-2-17(23)12-18/h1-7,12,14H,8-11,13H2,(H,24,28). The van der Waals surface area contributed by atoms with Gasteiger partial charge in [-0.25, -0.2) is 8.78 Å². The van der Waals surface area contributed by atoms with E-state index in [0.717, 1.165) is 13.1 Å². The maximum atomic E-state index is 13.3. The van der Waals surface area contributed by atoms with Gasteiger partial charge in [0.25, 0.3) is 5.89 Å². The highest BCUT2D eigenvalue weighted by molar-refractivity contribution is 5.92. The smallest absolute Gasteiger partial charge is 0.257 e. The van der Waals surface area contributed by atoms with Crippen molar-refractivity contribution in [3.8, 4) is 11.5 Å². The molecule has 1 aliphatic heterocycles. The lowest BCUT2D eigenvalue weighted by molar-refractivity contribution is -0.121. The van der Waals surface area contributed by atoms with E-state index in [1.54, 1.807) is 24.3 Å². The first-order valence-electron chi connectivity index (χ1n) is 9.44. The van der Waals surface area contributed by atoms with Crippen LogP contribution in [0.4, 0.5) is 14.5 Å². The molecule has 6 nitrogen and oxygen atoms in total. The molecule has 1 amide bonds. The monoisotopic (exact) mass is 398 g/mol. The van der Waals surface area contributed by atoms with E-state index in [1.807, 2.05) is 0 Å². The number of rotatable bonds is 5. The lowest BCUT2D eigenvalue weighted by Crippen LogP contribution is -2.38. The van der Waals surface area contributed by atoms with Crippen molar-refractivity contribution >= 4 is 11.6 Å². The Morgan fingerprint density at radius 1 is 1.10 bits per heavy atom. The van der Waals surface area contributed by atoms with E-state index in [2.05, 4.69) is 20.4 Å². The SMILES string of the molecule is O=C(Nc1cccc(F)c1)C1CCN(Cc2noc(-c3ccc(F)cc3)n2)CC1. The Bertz CT molecular complexity index is 982. The van der Waals surface area contributed by atoms with Crippen LogP contribution in [0.3, 0.4) is 0 Å². The number of aromatic nitrogens is 2. The van der Waals surface area contributed by atoms with Gasteiger partial charge in [0.05, 0.1) is 6.54 Å². The van der Waals surface area contributed by atoms with Crippen LogP contribution in [0.15, 0.2) is 53.1 Å². The summed E-state index contributed by atoms with van der Waals surface area (Å²) in [6.07, 6.45) is 1.40. The molecule has 29 heavy (non-hydrogen) atoms. The number of hydrogen-bond donors (Lipinski definition) is 1. The van der Waals surface area contributed by atoms with Crippen LogP contribution in [-0.2, 0) is 11.3 Å². The van der Waals surface area contributed by atoms with Gasteiger partial charge < -0.3 is 9.84 Å². The highest BCUT2D eigenvalue weighted by atomic mass is 19.1. The normalized spacial score (nSPS) is 15.4. The fraction of sp³-hybridized carbons (Fsp3) is 0.286. The molecule has 1 aromatic heterocycles. The maximum absolute atomic E-state index is 13.3. The van der Waals surface area contributed by atoms with Crippen molar-refractivity contribution in [2.45, 2.75) is 19.4 Å². The number of carbonyl (C=O) groups excluding carboxylic acids is 1. The molecule has 8 heteroatoms. The average Bonchev–Trinajstić information content (AvgIpc) is 3.17. The Morgan fingerprint density at radius 2 is 1.86 bits per heavy atom. The molecule has 0 radical (unpaired) electrons. The lowest BCUT2D eigenvalue weighted by atomic mass is 9.96. The molecule has 150 valence electrons. The molecule has 1 saturated heterocycles. The third-order valence-corrected chi connectivity index (χ3v) is 4.97. The van der Waals surface area contributed by atoms with Gasteiger partial charge in [-0.05, 0) is 68.4 Å². The second kappa shape index (κ2) is 8.48. The molecular formula is C21H20F2N4O2. The summed E-state index contributed by atoms with van der Waals surface area (Å²) in [7, 11) is 0. The Labute approximate surface area is 166 Å². The minimum atomic E-state index is -0.377. The number of anilines is 1. The van der Waals surface area contributed by atoms with Crippen LogP contribution in [0.5, 0.6) is 0 Å². The minimum Gasteiger partial charge on any atom is -0.334 e. The van der Waals surface area contributed by atoms with Crippen LogP contribution in [0, 0.1) is 17.6 Å². The number of piperidine rings is 1. The molecule has 0 spiro atoms. The number of hydrogen-bond acceptors (Lipinski definition) is 5. The average molecular weight is 398 g/mol. The summed E-state index contributed by atoms with van der Waals surface area (Å²) in [4.78, 5) is 18.9.